The van der Waals surface area contributed by atoms with Crippen molar-refractivity contribution < 1.29 is 0 Å². The molecule has 44 valence electrons. The van der Waals surface area contributed by atoms with Crippen molar-refractivity contribution in [2.75, 3.05) is 6.54 Å². The number of hydrogen-bond acceptors (Lipinski definition) is 2. The van der Waals surface area contributed by atoms with E-state index in [9.17, 15) is 5.21 Å². The molecule has 0 atom stereocenters. The largest absolute Gasteiger partial charge is 0.758 e. The summed E-state index contributed by atoms with van der Waals surface area (Å²) in [6.45, 7) is 2.40. The van der Waals surface area contributed by atoms with E-state index in [-0.39, 0.29) is 0 Å². The fraction of sp³-hybridized carbons (Fsp3) is 0.333. The molecule has 0 amide bonds. The van der Waals surface area contributed by atoms with Gasteiger partial charge in [-0.25, -0.2) is 0 Å². The number of rotatable bonds is 0. The molecule has 1 aliphatic rings. The third kappa shape index (κ3) is 1.10. The van der Waals surface area contributed by atoms with Crippen LogP contribution in [0.1, 0.15) is 6.92 Å². The summed E-state index contributed by atoms with van der Waals surface area (Å²) in [4.78, 5) is 0. The Morgan fingerprint density at radius 3 is 2.88 bits per heavy atom. The van der Waals surface area contributed by atoms with Crippen LogP contribution in [0.3, 0.4) is 0 Å². The Kier molecular flexibility index (Phi) is 1.35. The second kappa shape index (κ2) is 2.01. The minimum absolute atomic E-state index is 0.497. The molecular formula is C6H8NO-. The van der Waals surface area contributed by atoms with Gasteiger partial charge in [0.05, 0.1) is 0 Å². The van der Waals surface area contributed by atoms with Crippen LogP contribution in [0.5, 0.6) is 0 Å². The predicted molar refractivity (Wildman–Crippen MR) is 33.0 cm³/mol. The molecule has 0 saturated carbocycles. The number of allylic oxidation sites excluding steroid dienone is 2. The van der Waals surface area contributed by atoms with E-state index in [1.54, 1.807) is 6.20 Å². The van der Waals surface area contributed by atoms with Gasteiger partial charge in [-0.3, -0.25) is 0 Å². The Labute approximate surface area is 48.7 Å². The summed E-state index contributed by atoms with van der Waals surface area (Å²) in [6.07, 6.45) is 5.37. The van der Waals surface area contributed by atoms with Crippen molar-refractivity contribution in [3.63, 3.8) is 0 Å². The first-order chi connectivity index (χ1) is 3.79. The lowest BCUT2D eigenvalue weighted by Crippen LogP contribution is -2.10. The molecule has 0 aromatic carbocycles. The monoisotopic (exact) mass is 110 g/mol. The Morgan fingerprint density at radius 2 is 2.50 bits per heavy atom. The normalized spacial score (nSPS) is 18.8. The number of hydrogen-bond donors (Lipinski definition) is 0. The number of hydroxylamine groups is 2. The maximum atomic E-state index is 10.5. The summed E-state index contributed by atoms with van der Waals surface area (Å²) >= 11 is 0. The van der Waals surface area contributed by atoms with E-state index < -0.39 is 0 Å². The third-order valence-electron chi connectivity index (χ3n) is 1.01. The summed E-state index contributed by atoms with van der Waals surface area (Å²) in [6, 6.07) is 0. The zero-order valence-electron chi connectivity index (χ0n) is 4.79. The quantitative estimate of drug-likeness (QED) is 0.469. The van der Waals surface area contributed by atoms with E-state index in [2.05, 4.69) is 0 Å². The van der Waals surface area contributed by atoms with Crippen LogP contribution in [0, 0.1) is 5.21 Å². The molecule has 2 nitrogen and oxygen atoms in total. The van der Waals surface area contributed by atoms with Crippen molar-refractivity contribution in [3.8, 4) is 0 Å². The summed E-state index contributed by atoms with van der Waals surface area (Å²) in [5.74, 6) is 0. The highest BCUT2D eigenvalue weighted by molar-refractivity contribution is 5.19. The van der Waals surface area contributed by atoms with Gasteiger partial charge in [0.25, 0.3) is 0 Å². The number of nitrogens with zero attached hydrogens (tertiary/aromatic N) is 1. The van der Waals surface area contributed by atoms with Crippen molar-refractivity contribution in [2.24, 2.45) is 0 Å². The molecule has 0 fully saturated rings. The highest BCUT2D eigenvalue weighted by Crippen LogP contribution is 2.03. The van der Waals surface area contributed by atoms with Crippen LogP contribution in [0.2, 0.25) is 0 Å². The molecule has 0 aromatic rings. The van der Waals surface area contributed by atoms with Crippen LogP contribution >= 0.6 is 0 Å². The molecule has 0 radical (unpaired) electrons. The smallest absolute Gasteiger partial charge is 0.0243 e. The van der Waals surface area contributed by atoms with Gasteiger partial charge >= 0.3 is 0 Å². The van der Waals surface area contributed by atoms with Crippen LogP contribution in [0.15, 0.2) is 23.9 Å². The summed E-state index contributed by atoms with van der Waals surface area (Å²) < 4.78 is 0. The zero-order chi connectivity index (χ0) is 5.98. The van der Waals surface area contributed by atoms with Gasteiger partial charge in [0.15, 0.2) is 0 Å². The molecule has 0 saturated heterocycles. The fourth-order valence-electron chi connectivity index (χ4n) is 0.665. The van der Waals surface area contributed by atoms with Gasteiger partial charge in [-0.2, -0.15) is 0 Å². The summed E-state index contributed by atoms with van der Waals surface area (Å²) in [5, 5.41) is 11.4. The molecule has 1 rings (SSSR count). The van der Waals surface area contributed by atoms with Gasteiger partial charge in [0, 0.05) is 6.54 Å². The molecule has 0 aliphatic carbocycles. The highest BCUT2D eigenvalue weighted by atomic mass is 16.5. The summed E-state index contributed by atoms with van der Waals surface area (Å²) in [5.41, 5.74) is 1.02. The van der Waals surface area contributed by atoms with Gasteiger partial charge in [0.2, 0.25) is 0 Å². The molecule has 0 unspecified atom stereocenters. The molecule has 0 N–H and O–H groups in total. The fourth-order valence-corrected chi connectivity index (χ4v) is 0.665. The van der Waals surface area contributed by atoms with E-state index in [1.165, 1.54) is 0 Å². The maximum absolute atomic E-state index is 10.5. The first-order valence-electron chi connectivity index (χ1n) is 2.58. The predicted octanol–water partition coefficient (Wildman–Crippen LogP) is 1.26. The van der Waals surface area contributed by atoms with Crippen molar-refractivity contribution in [1.29, 1.82) is 0 Å². The van der Waals surface area contributed by atoms with Crippen molar-refractivity contribution in [3.05, 3.63) is 29.1 Å². The van der Waals surface area contributed by atoms with Crippen molar-refractivity contribution in [1.82, 2.24) is 5.06 Å². The first-order valence-corrected chi connectivity index (χ1v) is 2.58. The highest BCUT2D eigenvalue weighted by Gasteiger charge is 1.88. The molecular weight excluding hydrogens is 102 g/mol. The van der Waals surface area contributed by atoms with E-state index in [0.29, 0.717) is 6.54 Å². The van der Waals surface area contributed by atoms with Crippen LogP contribution < -0.4 is 0 Å². The average Bonchev–Trinajstić information content (AvgIpc) is 1.64. The van der Waals surface area contributed by atoms with E-state index in [4.69, 9.17) is 0 Å². The lowest BCUT2D eigenvalue weighted by Gasteiger charge is -2.27. The molecule has 1 heterocycles. The first kappa shape index (κ1) is 5.38. The van der Waals surface area contributed by atoms with Gasteiger partial charge in [-0.1, -0.05) is 12.2 Å². The van der Waals surface area contributed by atoms with Gasteiger partial charge in [-0.15, -0.1) is 0 Å². The van der Waals surface area contributed by atoms with Crippen molar-refractivity contribution >= 4 is 0 Å². The summed E-state index contributed by atoms with van der Waals surface area (Å²) in [7, 11) is 0. The third-order valence-corrected chi connectivity index (χ3v) is 1.01. The molecule has 0 spiro atoms. The molecule has 1 aliphatic heterocycles. The van der Waals surface area contributed by atoms with Crippen LogP contribution in [-0.2, 0) is 0 Å². The lowest BCUT2D eigenvalue weighted by atomic mass is 10.2. The second-order valence-electron chi connectivity index (χ2n) is 1.88. The van der Waals surface area contributed by atoms with E-state index in [1.807, 2.05) is 19.1 Å². The van der Waals surface area contributed by atoms with Gasteiger partial charge in [0.1, 0.15) is 0 Å². The average molecular weight is 110 g/mol. The maximum Gasteiger partial charge on any atom is 0.0243 e. The Hall–Kier alpha value is -0.760. The Balaban J connectivity index is 2.63. The Morgan fingerprint density at radius 1 is 1.75 bits per heavy atom. The molecule has 0 bridgehead atoms. The SMILES string of the molecule is CC1=CN([O-])CC=C1. The van der Waals surface area contributed by atoms with E-state index >= 15 is 0 Å². The topological polar surface area (TPSA) is 26.3 Å². The standard InChI is InChI=1S/C6H8NO/c1-6-3-2-4-7(8)5-6/h2-3,5H,4H2,1H3/q-1. The van der Waals surface area contributed by atoms with Crippen molar-refractivity contribution in [2.45, 2.75) is 6.92 Å². The van der Waals surface area contributed by atoms with Gasteiger partial charge < -0.3 is 10.3 Å². The molecule has 2 heteroatoms. The molecule has 8 heavy (non-hydrogen) atoms. The molecule has 0 aromatic heterocycles. The minimum atomic E-state index is 0.497. The Bertz CT molecular complexity index is 137. The lowest BCUT2D eigenvalue weighted by molar-refractivity contribution is 0.558. The van der Waals surface area contributed by atoms with E-state index in [0.717, 1.165) is 10.6 Å². The zero-order valence-corrected chi connectivity index (χ0v) is 4.79. The van der Waals surface area contributed by atoms with Gasteiger partial charge in [-0.05, 0) is 18.7 Å². The van der Waals surface area contributed by atoms with Crippen LogP contribution in [0.4, 0.5) is 0 Å². The van der Waals surface area contributed by atoms with Crippen LogP contribution in [0.25, 0.3) is 0 Å². The van der Waals surface area contributed by atoms with Crippen LogP contribution in [-0.4, -0.2) is 11.6 Å². The minimum Gasteiger partial charge on any atom is -0.758 e. The second-order valence-corrected chi connectivity index (χ2v) is 1.88.